The average Bonchev–Trinajstić information content (AvgIpc) is 2.28. The molecule has 0 unspecified atom stereocenters. The molecule has 0 spiro atoms. The highest BCUT2D eigenvalue weighted by atomic mass is 16.5. The molecule has 0 saturated carbocycles. The molecule has 0 fully saturated rings. The molecule has 0 aliphatic heterocycles. The lowest BCUT2D eigenvalue weighted by molar-refractivity contribution is 0.104. The Morgan fingerprint density at radius 2 is 1.81 bits per heavy atom. The second kappa shape index (κ2) is 5.35. The van der Waals surface area contributed by atoms with Gasteiger partial charge >= 0.3 is 0 Å². The van der Waals surface area contributed by atoms with Crippen molar-refractivity contribution in [2.45, 2.75) is 13.8 Å². The second-order valence-electron chi connectivity index (χ2n) is 3.39. The van der Waals surface area contributed by atoms with Crippen molar-refractivity contribution in [3.05, 3.63) is 35.4 Å². The number of rotatable bonds is 4. The van der Waals surface area contributed by atoms with E-state index in [0.717, 1.165) is 5.56 Å². The highest BCUT2D eigenvalue weighted by Gasteiger charge is 2.13. The molecule has 0 amide bonds. The maximum absolute atomic E-state index is 11.8. The van der Waals surface area contributed by atoms with Gasteiger partial charge in [0.15, 0.2) is 5.78 Å². The fourth-order valence-electron chi connectivity index (χ4n) is 1.48. The molecule has 0 heterocycles. The van der Waals surface area contributed by atoms with Crippen molar-refractivity contribution in [2.24, 2.45) is 0 Å². The SMILES string of the molecule is CC=CC(=O)c1cc(OC)c(C)cc1OC. The highest BCUT2D eigenvalue weighted by molar-refractivity contribution is 6.06. The largest absolute Gasteiger partial charge is 0.496 e. The van der Waals surface area contributed by atoms with Gasteiger partial charge in [0.2, 0.25) is 0 Å². The van der Waals surface area contributed by atoms with Gasteiger partial charge < -0.3 is 9.47 Å². The Morgan fingerprint density at radius 1 is 1.19 bits per heavy atom. The van der Waals surface area contributed by atoms with Crippen molar-refractivity contribution in [3.8, 4) is 11.5 Å². The second-order valence-corrected chi connectivity index (χ2v) is 3.39. The third kappa shape index (κ3) is 2.42. The van der Waals surface area contributed by atoms with Gasteiger partial charge in [-0.25, -0.2) is 0 Å². The molecule has 3 heteroatoms. The maximum Gasteiger partial charge on any atom is 0.189 e. The van der Waals surface area contributed by atoms with Crippen LogP contribution in [0.1, 0.15) is 22.8 Å². The van der Waals surface area contributed by atoms with Gasteiger partial charge in [-0.05, 0) is 37.6 Å². The third-order valence-electron chi connectivity index (χ3n) is 2.30. The van der Waals surface area contributed by atoms with Gasteiger partial charge in [0.05, 0.1) is 19.8 Å². The number of hydrogen-bond acceptors (Lipinski definition) is 3. The minimum absolute atomic E-state index is 0.0855. The Morgan fingerprint density at radius 3 is 2.31 bits per heavy atom. The number of carbonyl (C=O) groups is 1. The summed E-state index contributed by atoms with van der Waals surface area (Å²) in [5, 5.41) is 0. The molecular weight excluding hydrogens is 204 g/mol. The number of allylic oxidation sites excluding steroid dienone is 2. The summed E-state index contributed by atoms with van der Waals surface area (Å²) in [6, 6.07) is 3.51. The maximum atomic E-state index is 11.8. The summed E-state index contributed by atoms with van der Waals surface area (Å²) in [4.78, 5) is 11.8. The van der Waals surface area contributed by atoms with Crippen molar-refractivity contribution < 1.29 is 14.3 Å². The highest BCUT2D eigenvalue weighted by Crippen LogP contribution is 2.28. The van der Waals surface area contributed by atoms with Gasteiger partial charge in [-0.2, -0.15) is 0 Å². The van der Waals surface area contributed by atoms with E-state index in [1.165, 1.54) is 6.08 Å². The van der Waals surface area contributed by atoms with E-state index in [1.807, 2.05) is 6.92 Å². The molecule has 0 atom stereocenters. The van der Waals surface area contributed by atoms with E-state index in [-0.39, 0.29) is 5.78 Å². The monoisotopic (exact) mass is 220 g/mol. The fraction of sp³-hybridized carbons (Fsp3) is 0.308. The van der Waals surface area contributed by atoms with Gasteiger partial charge in [-0.1, -0.05) is 6.08 Å². The van der Waals surface area contributed by atoms with Gasteiger partial charge in [0.25, 0.3) is 0 Å². The minimum atomic E-state index is -0.0855. The smallest absolute Gasteiger partial charge is 0.189 e. The fourth-order valence-corrected chi connectivity index (χ4v) is 1.48. The van der Waals surface area contributed by atoms with Gasteiger partial charge in [-0.15, -0.1) is 0 Å². The molecule has 0 aromatic heterocycles. The van der Waals surface area contributed by atoms with Gasteiger partial charge in [-0.3, -0.25) is 4.79 Å². The van der Waals surface area contributed by atoms with Gasteiger partial charge in [0.1, 0.15) is 11.5 Å². The Bertz CT molecular complexity index is 419. The predicted octanol–water partition coefficient (Wildman–Crippen LogP) is 2.77. The molecule has 0 N–H and O–H groups in total. The topological polar surface area (TPSA) is 35.5 Å². The summed E-state index contributed by atoms with van der Waals surface area (Å²) < 4.78 is 10.4. The van der Waals surface area contributed by atoms with E-state index in [0.29, 0.717) is 17.1 Å². The summed E-state index contributed by atoms with van der Waals surface area (Å²) in [5.41, 5.74) is 1.46. The average molecular weight is 220 g/mol. The van der Waals surface area contributed by atoms with Crippen LogP contribution in [0.15, 0.2) is 24.3 Å². The van der Waals surface area contributed by atoms with Crippen molar-refractivity contribution >= 4 is 5.78 Å². The number of hydrogen-bond donors (Lipinski definition) is 0. The number of ketones is 1. The van der Waals surface area contributed by atoms with Crippen LogP contribution in [-0.4, -0.2) is 20.0 Å². The zero-order valence-electron chi connectivity index (χ0n) is 10.0. The van der Waals surface area contributed by atoms with Crippen molar-refractivity contribution in [3.63, 3.8) is 0 Å². The minimum Gasteiger partial charge on any atom is -0.496 e. The molecule has 0 aliphatic rings. The Kier molecular flexibility index (Phi) is 4.11. The van der Waals surface area contributed by atoms with E-state index in [2.05, 4.69) is 0 Å². The standard InChI is InChI=1S/C13H16O3/c1-5-6-11(14)10-8-12(15-3)9(2)7-13(10)16-4/h5-8H,1-4H3. The molecule has 86 valence electrons. The molecule has 3 nitrogen and oxygen atoms in total. The molecule has 1 aromatic carbocycles. The van der Waals surface area contributed by atoms with Crippen LogP contribution in [0.25, 0.3) is 0 Å². The Labute approximate surface area is 95.7 Å². The first kappa shape index (κ1) is 12.3. The first-order chi connectivity index (χ1) is 7.63. The van der Waals surface area contributed by atoms with Crippen LogP contribution in [0.2, 0.25) is 0 Å². The number of methoxy groups -OCH3 is 2. The van der Waals surface area contributed by atoms with Crippen molar-refractivity contribution in [1.82, 2.24) is 0 Å². The molecule has 1 aromatic rings. The molecule has 1 rings (SSSR count). The van der Waals surface area contributed by atoms with Crippen molar-refractivity contribution in [2.75, 3.05) is 14.2 Å². The number of carbonyl (C=O) groups excluding carboxylic acids is 1. The van der Waals surface area contributed by atoms with Crippen LogP contribution in [0.4, 0.5) is 0 Å². The van der Waals surface area contributed by atoms with Crippen molar-refractivity contribution in [1.29, 1.82) is 0 Å². The van der Waals surface area contributed by atoms with Crippen LogP contribution in [-0.2, 0) is 0 Å². The Balaban J connectivity index is 3.30. The molecule has 0 aliphatic carbocycles. The molecule has 0 bridgehead atoms. The Hall–Kier alpha value is -1.77. The zero-order chi connectivity index (χ0) is 12.1. The molecule has 16 heavy (non-hydrogen) atoms. The van der Waals surface area contributed by atoms with Crippen LogP contribution in [0.5, 0.6) is 11.5 Å². The molecule has 0 saturated heterocycles. The van der Waals surface area contributed by atoms with E-state index in [4.69, 9.17) is 9.47 Å². The lowest BCUT2D eigenvalue weighted by Gasteiger charge is -2.10. The van der Waals surface area contributed by atoms with Gasteiger partial charge in [0, 0.05) is 0 Å². The van der Waals surface area contributed by atoms with E-state index in [9.17, 15) is 4.79 Å². The predicted molar refractivity (Wildman–Crippen MR) is 63.4 cm³/mol. The number of benzene rings is 1. The summed E-state index contributed by atoms with van der Waals surface area (Å²) in [5.74, 6) is 1.17. The number of aryl methyl sites for hydroxylation is 1. The van der Waals surface area contributed by atoms with E-state index >= 15 is 0 Å². The van der Waals surface area contributed by atoms with Crippen LogP contribution < -0.4 is 9.47 Å². The van der Waals surface area contributed by atoms with Crippen LogP contribution in [0, 0.1) is 6.92 Å². The normalized spacial score (nSPS) is 10.5. The van der Waals surface area contributed by atoms with E-state index < -0.39 is 0 Å². The lowest BCUT2D eigenvalue weighted by Crippen LogP contribution is -2.01. The summed E-state index contributed by atoms with van der Waals surface area (Å²) >= 11 is 0. The lowest BCUT2D eigenvalue weighted by atomic mass is 10.1. The third-order valence-corrected chi connectivity index (χ3v) is 2.30. The first-order valence-corrected chi connectivity index (χ1v) is 5.03. The molecule has 0 radical (unpaired) electrons. The summed E-state index contributed by atoms with van der Waals surface area (Å²) in [6.07, 6.45) is 3.21. The van der Waals surface area contributed by atoms with Crippen LogP contribution in [0.3, 0.4) is 0 Å². The quantitative estimate of drug-likeness (QED) is 0.578. The summed E-state index contributed by atoms with van der Waals surface area (Å²) in [6.45, 7) is 3.71. The van der Waals surface area contributed by atoms with Crippen LogP contribution >= 0.6 is 0 Å². The summed E-state index contributed by atoms with van der Waals surface area (Å²) in [7, 11) is 3.13. The number of ether oxygens (including phenoxy) is 2. The van der Waals surface area contributed by atoms with E-state index in [1.54, 1.807) is 39.4 Å². The first-order valence-electron chi connectivity index (χ1n) is 5.03. The zero-order valence-corrected chi connectivity index (χ0v) is 10.0. The molecular formula is C13H16O3.